The Kier molecular flexibility index (Phi) is 3.56. The summed E-state index contributed by atoms with van der Waals surface area (Å²) in [6, 6.07) is 2.05. The van der Waals surface area contributed by atoms with Crippen molar-refractivity contribution in [1.29, 1.82) is 0 Å². The van der Waals surface area contributed by atoms with Crippen molar-refractivity contribution in [3.05, 3.63) is 29.1 Å². The Bertz CT molecular complexity index is 339. The molecule has 0 unspecified atom stereocenters. The highest BCUT2D eigenvalue weighted by molar-refractivity contribution is 5.30. The molecule has 0 saturated carbocycles. The average Bonchev–Trinajstić information content (AvgIpc) is 2.70. The molecule has 0 radical (unpaired) electrons. The van der Waals surface area contributed by atoms with Gasteiger partial charge in [0.25, 0.3) is 0 Å². The quantitative estimate of drug-likeness (QED) is 0.847. The van der Waals surface area contributed by atoms with E-state index in [-0.39, 0.29) is 6.10 Å². The fourth-order valence-corrected chi connectivity index (χ4v) is 2.42. The number of aromatic nitrogens is 1. The fraction of sp³-hybridized carbons (Fsp3) is 0.615. The zero-order chi connectivity index (χ0) is 11.5. The van der Waals surface area contributed by atoms with Gasteiger partial charge < -0.3 is 10.1 Å². The summed E-state index contributed by atoms with van der Waals surface area (Å²) in [6.45, 7) is 8.34. The van der Waals surface area contributed by atoms with Gasteiger partial charge in [-0.1, -0.05) is 0 Å². The highest BCUT2D eigenvalue weighted by Crippen LogP contribution is 2.25. The van der Waals surface area contributed by atoms with Gasteiger partial charge in [0.1, 0.15) is 0 Å². The fourth-order valence-electron chi connectivity index (χ4n) is 2.42. The predicted molar refractivity (Wildman–Crippen MR) is 64.5 cm³/mol. The van der Waals surface area contributed by atoms with Gasteiger partial charge in [-0.2, -0.15) is 0 Å². The molecule has 88 valence electrons. The lowest BCUT2D eigenvalue weighted by Crippen LogP contribution is -2.19. The van der Waals surface area contributed by atoms with Gasteiger partial charge in [0.15, 0.2) is 0 Å². The van der Waals surface area contributed by atoms with Gasteiger partial charge >= 0.3 is 0 Å². The Labute approximate surface area is 97.2 Å². The van der Waals surface area contributed by atoms with Crippen LogP contribution in [0.3, 0.4) is 0 Å². The van der Waals surface area contributed by atoms with E-state index in [0.29, 0.717) is 6.10 Å². The summed E-state index contributed by atoms with van der Waals surface area (Å²) in [5.41, 5.74) is 3.60. The summed E-state index contributed by atoms with van der Waals surface area (Å²) >= 11 is 0. The van der Waals surface area contributed by atoms with Crippen molar-refractivity contribution in [2.24, 2.45) is 0 Å². The molecule has 0 spiro atoms. The molecule has 3 heteroatoms. The van der Waals surface area contributed by atoms with Crippen LogP contribution in [0.25, 0.3) is 0 Å². The van der Waals surface area contributed by atoms with Crippen molar-refractivity contribution in [2.45, 2.75) is 39.4 Å². The van der Waals surface area contributed by atoms with Gasteiger partial charge in [-0.3, -0.25) is 4.98 Å². The lowest BCUT2D eigenvalue weighted by atomic mass is 10.0. The number of nitrogens with zero attached hydrogens (tertiary/aromatic N) is 1. The standard InChI is InChI=1S/C13H20N2O/c1-9-4-7-15-10(2)13(9)11(3)16-12-5-6-14-8-12/h4,7,11-12,14H,5-6,8H2,1-3H3/t11-,12+/m0/s1. The highest BCUT2D eigenvalue weighted by atomic mass is 16.5. The molecule has 2 atom stereocenters. The van der Waals surface area contributed by atoms with E-state index in [4.69, 9.17) is 4.74 Å². The molecule has 2 rings (SSSR count). The van der Waals surface area contributed by atoms with Crippen LogP contribution in [0.4, 0.5) is 0 Å². The number of pyridine rings is 1. The summed E-state index contributed by atoms with van der Waals surface area (Å²) < 4.78 is 6.06. The first kappa shape index (κ1) is 11.6. The smallest absolute Gasteiger partial charge is 0.0821 e. The molecule has 1 saturated heterocycles. The van der Waals surface area contributed by atoms with E-state index in [0.717, 1.165) is 25.2 Å². The topological polar surface area (TPSA) is 34.1 Å². The first-order valence-electron chi connectivity index (χ1n) is 5.96. The summed E-state index contributed by atoms with van der Waals surface area (Å²) in [5.74, 6) is 0. The average molecular weight is 220 g/mol. The van der Waals surface area contributed by atoms with E-state index in [1.54, 1.807) is 0 Å². The number of ether oxygens (including phenoxy) is 1. The van der Waals surface area contributed by atoms with Gasteiger partial charge in [0, 0.05) is 24.0 Å². The van der Waals surface area contributed by atoms with Crippen LogP contribution in [0, 0.1) is 13.8 Å². The van der Waals surface area contributed by atoms with Crippen LogP contribution >= 0.6 is 0 Å². The van der Waals surface area contributed by atoms with Gasteiger partial charge in [-0.05, 0) is 45.4 Å². The minimum absolute atomic E-state index is 0.138. The Balaban J connectivity index is 2.10. The molecule has 1 fully saturated rings. The van der Waals surface area contributed by atoms with Crippen LogP contribution in [0.2, 0.25) is 0 Å². The molecule has 1 N–H and O–H groups in total. The maximum absolute atomic E-state index is 6.06. The first-order valence-corrected chi connectivity index (χ1v) is 5.96. The van der Waals surface area contributed by atoms with Crippen molar-refractivity contribution in [3.8, 4) is 0 Å². The normalized spacial score (nSPS) is 22.3. The second-order valence-electron chi connectivity index (χ2n) is 4.52. The van der Waals surface area contributed by atoms with E-state index >= 15 is 0 Å². The molecular formula is C13H20N2O. The molecule has 1 aromatic rings. The lowest BCUT2D eigenvalue weighted by Gasteiger charge is -2.21. The lowest BCUT2D eigenvalue weighted by molar-refractivity contribution is 0.00746. The molecule has 0 bridgehead atoms. The van der Waals surface area contributed by atoms with E-state index in [1.807, 2.05) is 6.20 Å². The minimum atomic E-state index is 0.138. The van der Waals surface area contributed by atoms with Crippen molar-refractivity contribution in [2.75, 3.05) is 13.1 Å². The Morgan fingerprint density at radius 2 is 2.31 bits per heavy atom. The number of nitrogens with one attached hydrogen (secondary N) is 1. The second-order valence-corrected chi connectivity index (χ2v) is 4.52. The van der Waals surface area contributed by atoms with Crippen molar-refractivity contribution < 1.29 is 4.74 Å². The van der Waals surface area contributed by atoms with Gasteiger partial charge in [0.05, 0.1) is 12.2 Å². The maximum Gasteiger partial charge on any atom is 0.0821 e. The highest BCUT2D eigenvalue weighted by Gasteiger charge is 2.20. The molecular weight excluding hydrogens is 200 g/mol. The van der Waals surface area contributed by atoms with Gasteiger partial charge in [-0.25, -0.2) is 0 Å². The Morgan fingerprint density at radius 1 is 1.50 bits per heavy atom. The third-order valence-corrected chi connectivity index (χ3v) is 3.23. The third kappa shape index (κ3) is 2.42. The predicted octanol–water partition coefficient (Wildman–Crippen LogP) is 2.14. The summed E-state index contributed by atoms with van der Waals surface area (Å²) in [4.78, 5) is 4.34. The molecule has 16 heavy (non-hydrogen) atoms. The molecule has 1 aliphatic rings. The van der Waals surface area contributed by atoms with E-state index < -0.39 is 0 Å². The third-order valence-electron chi connectivity index (χ3n) is 3.23. The maximum atomic E-state index is 6.06. The Hall–Kier alpha value is -0.930. The summed E-state index contributed by atoms with van der Waals surface area (Å²) in [6.07, 6.45) is 3.47. The molecule has 0 amide bonds. The molecule has 1 aliphatic heterocycles. The van der Waals surface area contributed by atoms with E-state index in [2.05, 4.69) is 37.1 Å². The van der Waals surface area contributed by atoms with Gasteiger partial charge in [0.2, 0.25) is 0 Å². The van der Waals surface area contributed by atoms with Crippen molar-refractivity contribution >= 4 is 0 Å². The number of hydrogen-bond acceptors (Lipinski definition) is 3. The van der Waals surface area contributed by atoms with Crippen LogP contribution in [0.15, 0.2) is 12.3 Å². The van der Waals surface area contributed by atoms with Crippen LogP contribution in [0.1, 0.15) is 36.3 Å². The molecule has 0 aliphatic carbocycles. The van der Waals surface area contributed by atoms with Crippen molar-refractivity contribution in [3.63, 3.8) is 0 Å². The summed E-state index contributed by atoms with van der Waals surface area (Å²) in [5, 5.41) is 3.32. The van der Waals surface area contributed by atoms with Crippen molar-refractivity contribution in [1.82, 2.24) is 10.3 Å². The van der Waals surface area contributed by atoms with E-state index in [9.17, 15) is 0 Å². The largest absolute Gasteiger partial charge is 0.369 e. The number of aryl methyl sites for hydroxylation is 2. The molecule has 3 nitrogen and oxygen atoms in total. The first-order chi connectivity index (χ1) is 7.68. The monoisotopic (exact) mass is 220 g/mol. The van der Waals surface area contributed by atoms with Crippen LogP contribution < -0.4 is 5.32 Å². The molecule has 1 aromatic heterocycles. The Morgan fingerprint density at radius 3 is 2.94 bits per heavy atom. The summed E-state index contributed by atoms with van der Waals surface area (Å²) in [7, 11) is 0. The van der Waals surface area contributed by atoms with Crippen LogP contribution in [-0.4, -0.2) is 24.2 Å². The zero-order valence-corrected chi connectivity index (χ0v) is 10.3. The molecule has 0 aromatic carbocycles. The minimum Gasteiger partial charge on any atom is -0.369 e. The van der Waals surface area contributed by atoms with Gasteiger partial charge in [-0.15, -0.1) is 0 Å². The van der Waals surface area contributed by atoms with E-state index in [1.165, 1.54) is 11.1 Å². The van der Waals surface area contributed by atoms with Crippen LogP contribution in [-0.2, 0) is 4.74 Å². The number of hydrogen-bond donors (Lipinski definition) is 1. The molecule has 2 heterocycles. The number of rotatable bonds is 3. The second kappa shape index (κ2) is 4.93. The SMILES string of the molecule is Cc1ccnc(C)c1[C@H](C)O[C@@H]1CCNC1. The van der Waals surface area contributed by atoms with Crippen LogP contribution in [0.5, 0.6) is 0 Å². The zero-order valence-electron chi connectivity index (χ0n) is 10.3.